The highest BCUT2D eigenvalue weighted by atomic mass is 35.5. The Morgan fingerprint density at radius 3 is 2.30 bits per heavy atom. The molecule has 0 radical (unpaired) electrons. The Balaban J connectivity index is 1.56. The average Bonchev–Trinajstić information content (AvgIpc) is 2.72. The first-order chi connectivity index (χ1) is 14.5. The third-order valence-electron chi connectivity index (χ3n) is 4.58. The van der Waals surface area contributed by atoms with Crippen LogP contribution in [0.3, 0.4) is 0 Å². The molecule has 0 unspecified atom stereocenters. The maximum atomic E-state index is 6.22. The van der Waals surface area contributed by atoms with Crippen LogP contribution in [0.1, 0.15) is 16.7 Å². The summed E-state index contributed by atoms with van der Waals surface area (Å²) >= 11 is 24.6. The molecule has 0 aliphatic heterocycles. The van der Waals surface area contributed by atoms with Gasteiger partial charge in [0, 0.05) is 32.2 Å². The van der Waals surface area contributed by atoms with Crippen LogP contribution in [0.15, 0.2) is 54.6 Å². The summed E-state index contributed by atoms with van der Waals surface area (Å²) < 4.78 is 11.4. The van der Waals surface area contributed by atoms with Crippen LogP contribution in [0.4, 0.5) is 0 Å². The summed E-state index contributed by atoms with van der Waals surface area (Å²) in [5.74, 6) is 1.28. The van der Waals surface area contributed by atoms with Gasteiger partial charge in [0.25, 0.3) is 0 Å². The Morgan fingerprint density at radius 2 is 1.60 bits per heavy atom. The summed E-state index contributed by atoms with van der Waals surface area (Å²) in [6.07, 6.45) is 0.812. The molecular formula is C23H21Cl4NO2. The monoisotopic (exact) mass is 483 g/mol. The fraction of sp³-hybridized carbons (Fsp3) is 0.217. The summed E-state index contributed by atoms with van der Waals surface area (Å²) in [4.78, 5) is 0. The molecule has 3 aromatic carbocycles. The van der Waals surface area contributed by atoms with Crippen molar-refractivity contribution in [2.45, 2.75) is 19.6 Å². The minimum Gasteiger partial charge on any atom is -0.493 e. The van der Waals surface area contributed by atoms with Gasteiger partial charge in [-0.15, -0.1) is 0 Å². The van der Waals surface area contributed by atoms with Crippen molar-refractivity contribution in [3.05, 3.63) is 91.4 Å². The zero-order valence-corrected chi connectivity index (χ0v) is 19.4. The molecule has 0 aliphatic rings. The Morgan fingerprint density at radius 1 is 0.833 bits per heavy atom. The Kier molecular flexibility index (Phi) is 8.55. The van der Waals surface area contributed by atoms with Gasteiger partial charge in [-0.3, -0.25) is 0 Å². The summed E-state index contributed by atoms with van der Waals surface area (Å²) in [5.41, 5.74) is 2.89. The standard InChI is InChI=1S/C23H21Cl4NO2/c1-29-23-11-15(13-28-10-9-16-6-7-17(24)12-21(16)27)5-8-22(23)30-14-18-19(25)3-2-4-20(18)26/h2-8,11-12,28H,9-10,13-14H2,1H3. The molecule has 3 nitrogen and oxygen atoms in total. The Hall–Kier alpha value is -1.62. The van der Waals surface area contributed by atoms with Gasteiger partial charge in [0.15, 0.2) is 11.5 Å². The smallest absolute Gasteiger partial charge is 0.161 e. The molecule has 0 atom stereocenters. The van der Waals surface area contributed by atoms with E-state index >= 15 is 0 Å². The second kappa shape index (κ2) is 11.1. The fourth-order valence-corrected chi connectivity index (χ4v) is 3.95. The van der Waals surface area contributed by atoms with Crippen molar-refractivity contribution in [3.8, 4) is 11.5 Å². The molecule has 30 heavy (non-hydrogen) atoms. The van der Waals surface area contributed by atoms with Crippen LogP contribution in [0.25, 0.3) is 0 Å². The highest BCUT2D eigenvalue weighted by molar-refractivity contribution is 6.36. The van der Waals surface area contributed by atoms with Crippen LogP contribution in [-0.4, -0.2) is 13.7 Å². The van der Waals surface area contributed by atoms with Gasteiger partial charge in [-0.05, 0) is 60.5 Å². The first kappa shape index (κ1) is 23.1. The number of hydrogen-bond donors (Lipinski definition) is 1. The molecule has 0 aromatic heterocycles. The molecule has 0 saturated heterocycles. The summed E-state index contributed by atoms with van der Waals surface area (Å²) in [6.45, 7) is 1.74. The third-order valence-corrected chi connectivity index (χ3v) is 5.87. The van der Waals surface area contributed by atoms with Gasteiger partial charge < -0.3 is 14.8 Å². The largest absolute Gasteiger partial charge is 0.493 e. The zero-order chi connectivity index (χ0) is 21.5. The molecule has 0 amide bonds. The molecule has 0 aliphatic carbocycles. The van der Waals surface area contributed by atoms with Crippen molar-refractivity contribution < 1.29 is 9.47 Å². The topological polar surface area (TPSA) is 30.5 Å². The van der Waals surface area contributed by atoms with Gasteiger partial charge >= 0.3 is 0 Å². The molecule has 1 N–H and O–H groups in total. The lowest BCUT2D eigenvalue weighted by atomic mass is 10.1. The number of benzene rings is 3. The van der Waals surface area contributed by atoms with E-state index in [-0.39, 0.29) is 6.61 Å². The highest BCUT2D eigenvalue weighted by Crippen LogP contribution is 2.31. The molecule has 3 aromatic rings. The molecule has 3 rings (SSSR count). The van der Waals surface area contributed by atoms with Crippen LogP contribution >= 0.6 is 46.4 Å². The molecule has 0 bridgehead atoms. The molecule has 0 saturated carbocycles. The first-order valence-corrected chi connectivity index (χ1v) is 10.9. The molecule has 158 valence electrons. The predicted octanol–water partition coefficient (Wildman–Crippen LogP) is 7.22. The van der Waals surface area contributed by atoms with E-state index in [4.69, 9.17) is 55.9 Å². The number of nitrogens with one attached hydrogen (secondary N) is 1. The normalized spacial score (nSPS) is 10.8. The quantitative estimate of drug-likeness (QED) is 0.325. The second-order valence-corrected chi connectivity index (χ2v) is 8.29. The van der Waals surface area contributed by atoms with Gasteiger partial charge in [-0.1, -0.05) is 64.6 Å². The first-order valence-electron chi connectivity index (χ1n) is 9.35. The van der Waals surface area contributed by atoms with Crippen LogP contribution in [0.5, 0.6) is 11.5 Å². The van der Waals surface area contributed by atoms with Gasteiger partial charge in [-0.2, -0.15) is 0 Å². The van der Waals surface area contributed by atoms with Gasteiger partial charge in [-0.25, -0.2) is 0 Å². The average molecular weight is 485 g/mol. The fourth-order valence-electron chi connectivity index (χ4n) is 2.94. The van der Waals surface area contributed by atoms with Crippen LogP contribution in [-0.2, 0) is 19.6 Å². The molecule has 0 spiro atoms. The van der Waals surface area contributed by atoms with Crippen LogP contribution in [0.2, 0.25) is 20.1 Å². The summed E-state index contributed by atoms with van der Waals surface area (Å²) in [6, 6.07) is 16.8. The molecular weight excluding hydrogens is 464 g/mol. The number of halogens is 4. The second-order valence-electron chi connectivity index (χ2n) is 6.64. The van der Waals surface area contributed by atoms with Crippen molar-refractivity contribution in [3.63, 3.8) is 0 Å². The lowest BCUT2D eigenvalue weighted by Crippen LogP contribution is -2.16. The molecule has 0 heterocycles. The van der Waals surface area contributed by atoms with E-state index in [1.165, 1.54) is 0 Å². The van der Waals surface area contributed by atoms with Crippen molar-refractivity contribution in [2.75, 3.05) is 13.7 Å². The van der Waals surface area contributed by atoms with Crippen molar-refractivity contribution in [1.82, 2.24) is 5.32 Å². The number of rotatable bonds is 9. The van der Waals surface area contributed by atoms with E-state index in [1.807, 2.05) is 30.3 Å². The van der Waals surface area contributed by atoms with Gasteiger partial charge in [0.05, 0.1) is 7.11 Å². The SMILES string of the molecule is COc1cc(CNCCc2ccc(Cl)cc2Cl)ccc1OCc1c(Cl)cccc1Cl. The lowest BCUT2D eigenvalue weighted by Gasteiger charge is -2.14. The van der Waals surface area contributed by atoms with E-state index in [2.05, 4.69) is 5.32 Å². The highest BCUT2D eigenvalue weighted by Gasteiger charge is 2.10. The van der Waals surface area contributed by atoms with Crippen molar-refractivity contribution >= 4 is 46.4 Å². The van der Waals surface area contributed by atoms with Crippen LogP contribution in [0, 0.1) is 0 Å². The van der Waals surface area contributed by atoms with E-state index in [9.17, 15) is 0 Å². The lowest BCUT2D eigenvalue weighted by molar-refractivity contribution is 0.284. The van der Waals surface area contributed by atoms with E-state index in [0.29, 0.717) is 38.1 Å². The maximum Gasteiger partial charge on any atom is 0.161 e. The number of ether oxygens (including phenoxy) is 2. The number of methoxy groups -OCH3 is 1. The predicted molar refractivity (Wildman–Crippen MR) is 126 cm³/mol. The van der Waals surface area contributed by atoms with Gasteiger partial charge in [0.1, 0.15) is 6.61 Å². The van der Waals surface area contributed by atoms with Gasteiger partial charge in [0.2, 0.25) is 0 Å². The summed E-state index contributed by atoms with van der Waals surface area (Å²) in [5, 5.41) is 5.89. The molecule has 0 fully saturated rings. The van der Waals surface area contributed by atoms with Crippen LogP contribution < -0.4 is 14.8 Å². The minimum atomic E-state index is 0.258. The number of hydrogen-bond acceptors (Lipinski definition) is 3. The Bertz CT molecular complexity index is 990. The van der Waals surface area contributed by atoms with Crippen molar-refractivity contribution in [1.29, 1.82) is 0 Å². The Labute approximate surface area is 196 Å². The maximum absolute atomic E-state index is 6.22. The van der Waals surface area contributed by atoms with E-state index < -0.39 is 0 Å². The minimum absolute atomic E-state index is 0.258. The third kappa shape index (κ3) is 6.19. The van der Waals surface area contributed by atoms with E-state index in [1.54, 1.807) is 31.4 Å². The zero-order valence-electron chi connectivity index (χ0n) is 16.4. The summed E-state index contributed by atoms with van der Waals surface area (Å²) in [7, 11) is 1.62. The van der Waals surface area contributed by atoms with E-state index in [0.717, 1.165) is 29.7 Å². The van der Waals surface area contributed by atoms with Crippen molar-refractivity contribution in [2.24, 2.45) is 0 Å². The molecule has 7 heteroatoms.